The summed E-state index contributed by atoms with van der Waals surface area (Å²) in [4.78, 5) is 59.4. The largest absolute Gasteiger partial charge is 0.337 e. The third kappa shape index (κ3) is 13.0. The molecule has 8 aromatic rings. The second-order valence-electron chi connectivity index (χ2n) is 18.1. The molecule has 0 fully saturated rings. The van der Waals surface area contributed by atoms with E-state index in [0.717, 1.165) is 12.1 Å². The first-order valence-electron chi connectivity index (χ1n) is 22.6. The molecule has 0 bridgehead atoms. The van der Waals surface area contributed by atoms with Gasteiger partial charge in [0.25, 0.3) is 84.3 Å². The van der Waals surface area contributed by atoms with E-state index in [1.807, 2.05) is 0 Å². The molecule has 0 spiro atoms. The second kappa shape index (κ2) is 21.4. The Morgan fingerprint density at radius 3 is 0.810 bits per heavy atom. The molecule has 0 aliphatic rings. The van der Waals surface area contributed by atoms with Crippen LogP contribution in [0.25, 0.3) is 21.5 Å². The zero-order valence-corrected chi connectivity index (χ0v) is 47.5. The number of hydrogen-bond acceptors (Lipinski definition) is 17. The lowest BCUT2D eigenvalue weighted by Gasteiger charge is -2.12. The minimum absolute atomic E-state index is 0.00884. The zero-order chi connectivity index (χ0) is 62.3. The molecule has 39 heteroatoms. The number of fused-ring (bicyclic) bond motifs is 2. The lowest BCUT2D eigenvalue weighted by atomic mass is 10.1. The van der Waals surface area contributed by atoms with E-state index in [0.29, 0.717) is 36.4 Å². The summed E-state index contributed by atoms with van der Waals surface area (Å²) >= 11 is 0. The van der Waals surface area contributed by atoms with Crippen LogP contribution in [0.4, 0.5) is 39.4 Å². The molecule has 12 N–H and O–H groups in total. The van der Waals surface area contributed by atoms with Crippen LogP contribution in [-0.4, -0.2) is 126 Å². The van der Waals surface area contributed by atoms with Crippen molar-refractivity contribution in [1.29, 1.82) is 0 Å². The van der Waals surface area contributed by atoms with E-state index in [9.17, 15) is 102 Å². The smallest absolute Gasteiger partial charge is 0.325 e. The maximum atomic E-state index is 13.4. The predicted octanol–water partition coefficient (Wildman–Crippen LogP) is 3.48. The van der Waals surface area contributed by atoms with E-state index in [-0.39, 0.29) is 45.5 Å². The summed E-state index contributed by atoms with van der Waals surface area (Å²) in [5.41, 5.74) is -1.10. The van der Waals surface area contributed by atoms with Crippen LogP contribution in [-0.2, 0) is 88.9 Å². The average molecular weight is 1280 g/mol. The number of anilines is 6. The normalized spacial score (nSPS) is 12.5. The Balaban J connectivity index is 0.908. The SMILES string of the molecule is Cn1cc(C(=O)Nc2cc(C(=O)Nc3cc(S(=O)(=O)O)c4cc(S(=O)(=O)O)c(S(=O)(=O)O)cc4c3)cn2C)cc1NC(=O)Nc1cc(C(=O)Nc2cc(C(=O)Nc3cc(S(=O)(=O)O)c4cc(S(=O)(=O)O)c(S(=O)(=O)O)cc4c3)cn2C)cn1C. The van der Waals surface area contributed by atoms with Crippen LogP contribution < -0.4 is 31.9 Å². The summed E-state index contributed by atoms with van der Waals surface area (Å²) in [6.45, 7) is 0. The standard InChI is InChI=1S/C45H40N10O23S6/c1-52-17-23(41(56)46-27-5-21-7-33(81(67,68)69)35(83(73,74)75)15-29(21)31(13-27)79(61,62)63)9-37(52)48-43(58)25-11-39(54(3)19-25)50-45(60)51-40-12-26(20-55(40)4)44(59)49-38-10-24(18-53(38)2)42(57)47-28-6-22-8-34(82(70,71)72)36(84(76,77)78)16-30(22)32(14-28)80(64,65)66/h5-20H,1-4H3,(H,46,56)(H,47,57)(H,48,58)(H,49,59)(H2,50,51,60)(H,61,62,63)(H,64,65,66)(H,67,68,69)(H,70,71,72)(H,73,74,75)(H,76,77,78). The van der Waals surface area contributed by atoms with E-state index in [2.05, 4.69) is 31.9 Å². The van der Waals surface area contributed by atoms with Gasteiger partial charge in [-0.2, -0.15) is 50.5 Å². The second-order valence-corrected chi connectivity index (χ2v) is 26.5. The van der Waals surface area contributed by atoms with Gasteiger partial charge in [0, 0.05) is 75.1 Å². The van der Waals surface area contributed by atoms with Crippen molar-refractivity contribution in [1.82, 2.24) is 18.3 Å². The van der Waals surface area contributed by atoms with Gasteiger partial charge in [-0.05, 0) is 83.6 Å². The highest BCUT2D eigenvalue weighted by atomic mass is 32.2. The van der Waals surface area contributed by atoms with Gasteiger partial charge in [0.15, 0.2) is 0 Å². The van der Waals surface area contributed by atoms with Gasteiger partial charge in [-0.25, -0.2) is 4.79 Å². The number of rotatable bonds is 16. The number of carbonyl (C=O) groups excluding carboxylic acids is 5. The molecule has 0 atom stereocenters. The van der Waals surface area contributed by atoms with Crippen molar-refractivity contribution in [3.8, 4) is 0 Å². The summed E-state index contributed by atoms with van der Waals surface area (Å²) in [6, 6.07) is 9.21. The lowest BCUT2D eigenvalue weighted by Crippen LogP contribution is -2.22. The van der Waals surface area contributed by atoms with E-state index in [4.69, 9.17) is 0 Å². The van der Waals surface area contributed by atoms with Gasteiger partial charge in [-0.1, -0.05) is 0 Å². The molecule has 0 radical (unpaired) electrons. The molecule has 0 aliphatic heterocycles. The Labute approximate surface area is 473 Å². The molecule has 33 nitrogen and oxygen atoms in total. The van der Waals surface area contributed by atoms with Crippen LogP contribution in [0.2, 0.25) is 0 Å². The fourth-order valence-electron chi connectivity index (χ4n) is 8.35. The first-order chi connectivity index (χ1) is 38.6. The van der Waals surface area contributed by atoms with Crippen LogP contribution in [0.5, 0.6) is 0 Å². The van der Waals surface area contributed by atoms with Gasteiger partial charge in [0.2, 0.25) is 0 Å². The van der Waals surface area contributed by atoms with Gasteiger partial charge in [-0.15, -0.1) is 0 Å². The molecule has 0 saturated carbocycles. The number of nitrogens with one attached hydrogen (secondary N) is 6. The summed E-state index contributed by atoms with van der Waals surface area (Å²) in [7, 11) is -26.2. The minimum atomic E-state index is -5.40. The maximum Gasteiger partial charge on any atom is 0.325 e. The number of aryl methyl sites for hydroxylation is 4. The summed E-state index contributed by atoms with van der Waals surface area (Å²) in [5.74, 6) is -3.18. The first kappa shape index (κ1) is 61.2. The fourth-order valence-corrected chi connectivity index (χ4v) is 13.4. The van der Waals surface area contributed by atoms with Crippen LogP contribution in [0.1, 0.15) is 41.4 Å². The van der Waals surface area contributed by atoms with Crippen LogP contribution in [0.3, 0.4) is 0 Å². The topological polar surface area (TPSA) is 503 Å². The molecule has 0 saturated heterocycles. The zero-order valence-electron chi connectivity index (χ0n) is 42.6. The molecule has 4 aromatic carbocycles. The molecule has 444 valence electrons. The van der Waals surface area contributed by atoms with Gasteiger partial charge < -0.3 is 39.5 Å². The number of nitrogens with zero attached hydrogens (tertiary/aromatic N) is 4. The van der Waals surface area contributed by atoms with E-state index in [1.54, 1.807) is 0 Å². The highest BCUT2D eigenvalue weighted by molar-refractivity contribution is 7.89. The van der Waals surface area contributed by atoms with Crippen LogP contribution in [0.15, 0.2) is 127 Å². The van der Waals surface area contributed by atoms with E-state index >= 15 is 0 Å². The Morgan fingerprint density at radius 2 is 0.548 bits per heavy atom. The quantitative estimate of drug-likeness (QED) is 0.0616. The molecule has 8 rings (SSSR count). The van der Waals surface area contributed by atoms with Gasteiger partial charge >= 0.3 is 6.03 Å². The number of aromatic nitrogens is 4. The minimum Gasteiger partial charge on any atom is -0.337 e. The Hall–Kier alpha value is -8.87. The first-order valence-corrected chi connectivity index (χ1v) is 31.3. The molecular formula is C45H40N10O23S6. The van der Waals surface area contributed by atoms with Crippen molar-refractivity contribution in [2.45, 2.75) is 29.4 Å². The summed E-state index contributed by atoms with van der Waals surface area (Å²) in [5, 5.41) is 12.8. The fraction of sp³-hybridized carbons (Fsp3) is 0.0889. The number of benzene rings is 4. The molecule has 0 aliphatic carbocycles. The third-order valence-electron chi connectivity index (χ3n) is 12.2. The summed E-state index contributed by atoms with van der Waals surface area (Å²) < 4.78 is 209. The maximum absolute atomic E-state index is 13.4. The predicted molar refractivity (Wildman–Crippen MR) is 293 cm³/mol. The van der Waals surface area contributed by atoms with Gasteiger partial charge in [0.05, 0.1) is 22.3 Å². The number of urea groups is 1. The Kier molecular flexibility index (Phi) is 15.6. The molecular weight excluding hydrogens is 1240 g/mol. The number of hydrogen-bond donors (Lipinski definition) is 12. The molecule has 0 unspecified atom stereocenters. The van der Waals surface area contributed by atoms with Gasteiger partial charge in [0.1, 0.15) is 52.6 Å². The number of amides is 6. The third-order valence-corrected chi connectivity index (χ3v) is 17.8. The Morgan fingerprint density at radius 1 is 0.310 bits per heavy atom. The van der Waals surface area contributed by atoms with Crippen molar-refractivity contribution >= 4 is 147 Å². The highest BCUT2D eigenvalue weighted by Crippen LogP contribution is 2.36. The monoisotopic (exact) mass is 1280 g/mol. The van der Waals surface area contributed by atoms with E-state index in [1.165, 1.54) is 95.5 Å². The van der Waals surface area contributed by atoms with Crippen molar-refractivity contribution in [2.24, 2.45) is 28.2 Å². The van der Waals surface area contributed by atoms with Crippen LogP contribution >= 0.6 is 0 Å². The molecule has 84 heavy (non-hydrogen) atoms. The summed E-state index contributed by atoms with van der Waals surface area (Å²) in [6.07, 6.45) is 5.16. The molecule has 6 amide bonds. The van der Waals surface area contributed by atoms with Crippen LogP contribution in [0, 0.1) is 0 Å². The highest BCUT2D eigenvalue weighted by Gasteiger charge is 2.30. The average Bonchev–Trinajstić information content (AvgIpc) is 2.11. The Bertz CT molecular complexity index is 4640. The van der Waals surface area contributed by atoms with E-state index < -0.39 is 153 Å². The number of carbonyl (C=O) groups is 5. The molecule has 4 aromatic heterocycles. The van der Waals surface area contributed by atoms with Gasteiger partial charge in [-0.3, -0.25) is 57.1 Å². The lowest BCUT2D eigenvalue weighted by molar-refractivity contribution is 0.101. The molecule has 4 heterocycles. The van der Waals surface area contributed by atoms with Crippen molar-refractivity contribution < 1.29 is 102 Å². The van der Waals surface area contributed by atoms with Crippen molar-refractivity contribution in [3.05, 3.63) is 120 Å². The van der Waals surface area contributed by atoms with Crippen molar-refractivity contribution in [2.75, 3.05) is 31.9 Å². The van der Waals surface area contributed by atoms with Crippen molar-refractivity contribution in [3.63, 3.8) is 0 Å².